The first-order valence-corrected chi connectivity index (χ1v) is 4.44. The van der Waals surface area contributed by atoms with E-state index in [2.05, 4.69) is 0 Å². The SMILES string of the molecule is OCC1=CC=CSS1. The fraction of sp³-hybridized carbons (Fsp3) is 0.200. The van der Waals surface area contributed by atoms with Gasteiger partial charge in [-0.15, -0.1) is 0 Å². The Morgan fingerprint density at radius 2 is 2.50 bits per heavy atom. The first-order valence-electron chi connectivity index (χ1n) is 2.23. The van der Waals surface area contributed by atoms with Gasteiger partial charge in [0, 0.05) is 4.91 Å². The van der Waals surface area contributed by atoms with Crippen molar-refractivity contribution in [2.75, 3.05) is 6.61 Å². The minimum atomic E-state index is 0.169. The molecule has 1 heterocycles. The van der Waals surface area contributed by atoms with Crippen LogP contribution >= 0.6 is 21.6 Å². The van der Waals surface area contributed by atoms with E-state index in [-0.39, 0.29) is 6.61 Å². The highest BCUT2D eigenvalue weighted by Crippen LogP contribution is 2.33. The van der Waals surface area contributed by atoms with Gasteiger partial charge >= 0.3 is 0 Å². The molecule has 0 bridgehead atoms. The van der Waals surface area contributed by atoms with Gasteiger partial charge in [-0.2, -0.15) is 0 Å². The largest absolute Gasteiger partial charge is 0.391 e. The maximum Gasteiger partial charge on any atom is 0.0749 e. The van der Waals surface area contributed by atoms with Crippen molar-refractivity contribution in [2.45, 2.75) is 0 Å². The van der Waals surface area contributed by atoms with Crippen molar-refractivity contribution >= 4 is 21.6 Å². The molecule has 1 nitrogen and oxygen atoms in total. The van der Waals surface area contributed by atoms with Gasteiger partial charge in [-0.25, -0.2) is 0 Å². The van der Waals surface area contributed by atoms with Crippen molar-refractivity contribution in [2.24, 2.45) is 0 Å². The van der Waals surface area contributed by atoms with Crippen LogP contribution < -0.4 is 0 Å². The van der Waals surface area contributed by atoms with Gasteiger partial charge in [0.25, 0.3) is 0 Å². The summed E-state index contributed by atoms with van der Waals surface area (Å²) in [6.07, 6.45) is 3.86. The number of hydrogen-bond acceptors (Lipinski definition) is 3. The molecule has 1 aliphatic rings. The molecule has 0 fully saturated rings. The van der Waals surface area contributed by atoms with Crippen LogP contribution in [0.2, 0.25) is 0 Å². The summed E-state index contributed by atoms with van der Waals surface area (Å²) >= 11 is 0. The molecular formula is C5H6OS2. The van der Waals surface area contributed by atoms with Crippen LogP contribution in [-0.2, 0) is 0 Å². The lowest BCUT2D eigenvalue weighted by molar-refractivity contribution is 0.339. The van der Waals surface area contributed by atoms with Gasteiger partial charge in [-0.3, -0.25) is 0 Å². The summed E-state index contributed by atoms with van der Waals surface area (Å²) in [4.78, 5) is 1.03. The van der Waals surface area contributed by atoms with Crippen LogP contribution in [0.4, 0.5) is 0 Å². The first-order chi connectivity index (χ1) is 3.93. The second-order valence-electron chi connectivity index (χ2n) is 1.30. The van der Waals surface area contributed by atoms with E-state index in [0.29, 0.717) is 0 Å². The summed E-state index contributed by atoms with van der Waals surface area (Å²) in [5, 5.41) is 10.5. The molecular weight excluding hydrogens is 140 g/mol. The second-order valence-corrected chi connectivity index (χ2v) is 3.53. The third-order valence-electron chi connectivity index (χ3n) is 0.727. The van der Waals surface area contributed by atoms with Gasteiger partial charge in [0.05, 0.1) is 6.61 Å². The monoisotopic (exact) mass is 146 g/mol. The number of allylic oxidation sites excluding steroid dienone is 2. The van der Waals surface area contributed by atoms with E-state index < -0.39 is 0 Å². The molecule has 44 valence electrons. The van der Waals surface area contributed by atoms with Gasteiger partial charge in [0.15, 0.2) is 0 Å². The third kappa shape index (κ3) is 1.58. The van der Waals surface area contributed by atoms with Gasteiger partial charge in [-0.1, -0.05) is 27.7 Å². The Morgan fingerprint density at radius 1 is 1.62 bits per heavy atom. The quantitative estimate of drug-likeness (QED) is 0.569. The molecule has 0 saturated carbocycles. The van der Waals surface area contributed by atoms with Crippen LogP contribution in [0, 0.1) is 0 Å². The standard InChI is InChI=1S/C5H6OS2/c6-4-5-2-1-3-7-8-5/h1-3,6H,4H2. The Labute approximate surface area is 56.3 Å². The lowest BCUT2D eigenvalue weighted by Crippen LogP contribution is -1.82. The van der Waals surface area contributed by atoms with E-state index in [4.69, 9.17) is 5.11 Å². The summed E-state index contributed by atoms with van der Waals surface area (Å²) < 4.78 is 0. The van der Waals surface area contributed by atoms with Crippen LogP contribution in [0.1, 0.15) is 0 Å². The average molecular weight is 146 g/mol. The zero-order valence-corrected chi connectivity index (χ0v) is 5.84. The Kier molecular flexibility index (Phi) is 2.52. The molecule has 0 unspecified atom stereocenters. The van der Waals surface area contributed by atoms with E-state index in [1.54, 1.807) is 21.6 Å². The van der Waals surface area contributed by atoms with Gasteiger partial charge < -0.3 is 5.11 Å². The smallest absolute Gasteiger partial charge is 0.0749 e. The Bertz CT molecular complexity index is 128. The van der Waals surface area contributed by atoms with E-state index in [0.717, 1.165) is 4.91 Å². The first kappa shape index (κ1) is 6.26. The summed E-state index contributed by atoms with van der Waals surface area (Å²) in [6, 6.07) is 0. The number of hydrogen-bond donors (Lipinski definition) is 1. The molecule has 0 aliphatic carbocycles. The maximum absolute atomic E-state index is 8.55. The van der Waals surface area contributed by atoms with E-state index in [9.17, 15) is 0 Å². The Morgan fingerprint density at radius 3 is 2.88 bits per heavy atom. The molecule has 0 spiro atoms. The van der Waals surface area contributed by atoms with Crippen molar-refractivity contribution < 1.29 is 5.11 Å². The van der Waals surface area contributed by atoms with Crippen LogP contribution in [0.3, 0.4) is 0 Å². The zero-order valence-electron chi connectivity index (χ0n) is 4.20. The second kappa shape index (κ2) is 3.22. The Balaban J connectivity index is 2.50. The lowest BCUT2D eigenvalue weighted by Gasteiger charge is -2.01. The fourth-order valence-electron chi connectivity index (χ4n) is 0.375. The van der Waals surface area contributed by atoms with E-state index in [1.165, 1.54) is 0 Å². The molecule has 3 heteroatoms. The maximum atomic E-state index is 8.55. The molecule has 0 amide bonds. The molecule has 0 atom stereocenters. The fourth-order valence-corrected chi connectivity index (χ4v) is 1.94. The molecule has 0 aromatic rings. The van der Waals surface area contributed by atoms with Crippen LogP contribution in [-0.4, -0.2) is 11.7 Å². The number of rotatable bonds is 1. The van der Waals surface area contributed by atoms with Crippen LogP contribution in [0.15, 0.2) is 22.5 Å². The molecule has 1 aliphatic heterocycles. The summed E-state index contributed by atoms with van der Waals surface area (Å²) in [6.45, 7) is 0.169. The normalized spacial score (nSPS) is 18.4. The third-order valence-corrected chi connectivity index (χ3v) is 2.84. The number of aliphatic hydroxyl groups is 1. The van der Waals surface area contributed by atoms with Crippen molar-refractivity contribution in [3.8, 4) is 0 Å². The highest BCUT2D eigenvalue weighted by Gasteiger charge is 1.96. The molecule has 0 aromatic carbocycles. The van der Waals surface area contributed by atoms with Gasteiger partial charge in [0.1, 0.15) is 0 Å². The topological polar surface area (TPSA) is 20.2 Å². The van der Waals surface area contributed by atoms with Gasteiger partial charge in [-0.05, 0) is 11.5 Å². The van der Waals surface area contributed by atoms with Crippen LogP contribution in [0.25, 0.3) is 0 Å². The van der Waals surface area contributed by atoms with E-state index in [1.807, 2.05) is 17.6 Å². The predicted molar refractivity (Wildman–Crippen MR) is 39.5 cm³/mol. The molecule has 0 aromatic heterocycles. The van der Waals surface area contributed by atoms with Crippen molar-refractivity contribution in [1.82, 2.24) is 0 Å². The average Bonchev–Trinajstić information content (AvgIpc) is 1.90. The van der Waals surface area contributed by atoms with Crippen molar-refractivity contribution in [3.63, 3.8) is 0 Å². The minimum absolute atomic E-state index is 0.169. The Hall–Kier alpha value is 0.140. The lowest BCUT2D eigenvalue weighted by atomic mass is 10.5. The summed E-state index contributed by atoms with van der Waals surface area (Å²) in [7, 11) is 3.24. The van der Waals surface area contributed by atoms with Crippen LogP contribution in [0.5, 0.6) is 0 Å². The number of aliphatic hydroxyl groups excluding tert-OH is 1. The molecule has 0 saturated heterocycles. The summed E-state index contributed by atoms with van der Waals surface area (Å²) in [5.41, 5.74) is 0. The van der Waals surface area contributed by atoms with Gasteiger partial charge in [0.2, 0.25) is 0 Å². The predicted octanol–water partition coefficient (Wildman–Crippen LogP) is 1.77. The molecule has 1 rings (SSSR count). The molecule has 0 radical (unpaired) electrons. The van der Waals surface area contributed by atoms with Crippen molar-refractivity contribution in [1.29, 1.82) is 0 Å². The highest BCUT2D eigenvalue weighted by molar-refractivity contribution is 8.79. The summed E-state index contributed by atoms with van der Waals surface area (Å²) in [5.74, 6) is 0. The highest BCUT2D eigenvalue weighted by atomic mass is 33.1. The zero-order chi connectivity index (χ0) is 5.82. The molecule has 8 heavy (non-hydrogen) atoms. The molecule has 1 N–H and O–H groups in total. The minimum Gasteiger partial charge on any atom is -0.391 e. The van der Waals surface area contributed by atoms with Crippen molar-refractivity contribution in [3.05, 3.63) is 22.5 Å². The van der Waals surface area contributed by atoms with E-state index >= 15 is 0 Å².